The van der Waals surface area contributed by atoms with E-state index in [-0.39, 0.29) is 5.97 Å². The highest BCUT2D eigenvalue weighted by Crippen LogP contribution is 2.35. The maximum Gasteiger partial charge on any atom is 0.308 e. The van der Waals surface area contributed by atoms with E-state index in [9.17, 15) is 4.79 Å². The Morgan fingerprint density at radius 2 is 1.95 bits per heavy atom. The normalized spacial score (nSPS) is 10.4. The highest BCUT2D eigenvalue weighted by atomic mass is 16.5. The summed E-state index contributed by atoms with van der Waals surface area (Å²) in [5, 5.41) is 0. The first-order valence-corrected chi connectivity index (χ1v) is 6.33. The lowest BCUT2D eigenvalue weighted by molar-refractivity contribution is -0.131. The van der Waals surface area contributed by atoms with Crippen molar-refractivity contribution < 1.29 is 14.3 Å². The highest BCUT2D eigenvalue weighted by molar-refractivity contribution is 5.71. The number of esters is 1. The molecule has 1 aromatic heterocycles. The molecular formula is C15H18N2O3. The first kappa shape index (κ1) is 14.1. The Morgan fingerprint density at radius 3 is 2.50 bits per heavy atom. The predicted octanol–water partition coefficient (Wildman–Crippen LogP) is 3.06. The molecule has 0 amide bonds. The van der Waals surface area contributed by atoms with Crippen LogP contribution in [0, 0.1) is 20.8 Å². The van der Waals surface area contributed by atoms with Crippen molar-refractivity contribution in [3.63, 3.8) is 0 Å². The summed E-state index contributed by atoms with van der Waals surface area (Å²) in [6.07, 6.45) is 3.47. The van der Waals surface area contributed by atoms with Crippen molar-refractivity contribution in [1.29, 1.82) is 0 Å². The van der Waals surface area contributed by atoms with E-state index in [0.717, 1.165) is 22.4 Å². The summed E-state index contributed by atoms with van der Waals surface area (Å²) >= 11 is 0. The van der Waals surface area contributed by atoms with Crippen LogP contribution in [0.5, 0.6) is 17.4 Å². The molecule has 0 fully saturated rings. The average molecular weight is 274 g/mol. The fourth-order valence-corrected chi connectivity index (χ4v) is 1.98. The van der Waals surface area contributed by atoms with Gasteiger partial charge in [-0.05, 0) is 43.5 Å². The van der Waals surface area contributed by atoms with Crippen molar-refractivity contribution in [3.05, 3.63) is 35.3 Å². The van der Waals surface area contributed by atoms with Crippen LogP contribution in [-0.4, -0.2) is 15.5 Å². The van der Waals surface area contributed by atoms with Gasteiger partial charge >= 0.3 is 5.97 Å². The van der Waals surface area contributed by atoms with Gasteiger partial charge in [-0.2, -0.15) is 0 Å². The zero-order valence-electron chi connectivity index (χ0n) is 12.4. The van der Waals surface area contributed by atoms with Crippen LogP contribution in [0.3, 0.4) is 0 Å². The zero-order valence-corrected chi connectivity index (χ0v) is 12.4. The standard InChI is InChI=1S/C15H18N2O3/c1-9-6-13(20-14-7-17(5)8-16-14)10(2)11(3)15(9)19-12(4)18/h6-8H,1-5H3. The van der Waals surface area contributed by atoms with E-state index in [4.69, 9.17) is 9.47 Å². The molecule has 1 heterocycles. The summed E-state index contributed by atoms with van der Waals surface area (Å²) in [4.78, 5) is 15.3. The Kier molecular flexibility index (Phi) is 3.79. The number of rotatable bonds is 3. The number of ether oxygens (including phenoxy) is 2. The molecule has 0 atom stereocenters. The van der Waals surface area contributed by atoms with Gasteiger partial charge in [-0.15, -0.1) is 0 Å². The van der Waals surface area contributed by atoms with E-state index in [1.165, 1.54) is 6.92 Å². The molecule has 0 saturated heterocycles. The van der Waals surface area contributed by atoms with Gasteiger partial charge in [0.1, 0.15) is 11.5 Å². The minimum absolute atomic E-state index is 0.325. The lowest BCUT2D eigenvalue weighted by Crippen LogP contribution is -2.06. The number of benzene rings is 1. The van der Waals surface area contributed by atoms with Crippen LogP contribution in [0.15, 0.2) is 18.6 Å². The third-order valence-corrected chi connectivity index (χ3v) is 3.12. The van der Waals surface area contributed by atoms with Gasteiger partial charge in [0, 0.05) is 14.0 Å². The maximum atomic E-state index is 11.1. The molecule has 106 valence electrons. The van der Waals surface area contributed by atoms with Crippen LogP contribution in [0.2, 0.25) is 0 Å². The summed E-state index contributed by atoms with van der Waals surface area (Å²) in [5.74, 6) is 1.53. The molecule has 0 aliphatic rings. The van der Waals surface area contributed by atoms with E-state index in [1.807, 2.05) is 38.5 Å². The first-order chi connectivity index (χ1) is 9.38. The van der Waals surface area contributed by atoms with Gasteiger partial charge in [0.05, 0.1) is 12.5 Å². The number of carbonyl (C=O) groups excluding carboxylic acids is 1. The summed E-state index contributed by atoms with van der Waals surface area (Å²) in [6, 6.07) is 1.86. The summed E-state index contributed by atoms with van der Waals surface area (Å²) in [5.41, 5.74) is 2.68. The molecule has 1 aromatic carbocycles. The maximum absolute atomic E-state index is 11.1. The van der Waals surface area contributed by atoms with Crippen LogP contribution in [0.1, 0.15) is 23.6 Å². The molecule has 0 radical (unpaired) electrons. The minimum Gasteiger partial charge on any atom is -0.437 e. The molecule has 20 heavy (non-hydrogen) atoms. The van der Waals surface area contributed by atoms with Gasteiger partial charge < -0.3 is 14.0 Å². The largest absolute Gasteiger partial charge is 0.437 e. The average Bonchev–Trinajstić information content (AvgIpc) is 2.77. The fourth-order valence-electron chi connectivity index (χ4n) is 1.98. The summed E-state index contributed by atoms with van der Waals surface area (Å²) < 4.78 is 12.8. The van der Waals surface area contributed by atoms with Crippen LogP contribution in [-0.2, 0) is 11.8 Å². The number of hydrogen-bond donors (Lipinski definition) is 0. The van der Waals surface area contributed by atoms with Crippen molar-refractivity contribution in [2.75, 3.05) is 0 Å². The smallest absolute Gasteiger partial charge is 0.308 e. The molecule has 0 unspecified atom stereocenters. The summed E-state index contributed by atoms with van der Waals surface area (Å²) in [6.45, 7) is 7.12. The number of hydrogen-bond acceptors (Lipinski definition) is 4. The zero-order chi connectivity index (χ0) is 14.9. The lowest BCUT2D eigenvalue weighted by atomic mass is 10.0. The Morgan fingerprint density at radius 1 is 1.25 bits per heavy atom. The monoisotopic (exact) mass is 274 g/mol. The SMILES string of the molecule is CC(=O)Oc1c(C)cc(Oc2cn(C)cn2)c(C)c1C. The molecule has 0 bridgehead atoms. The lowest BCUT2D eigenvalue weighted by Gasteiger charge is -2.15. The van der Waals surface area contributed by atoms with E-state index < -0.39 is 0 Å². The molecular weight excluding hydrogens is 256 g/mol. The van der Waals surface area contributed by atoms with Gasteiger partial charge in [0.2, 0.25) is 5.88 Å². The number of nitrogens with zero attached hydrogens (tertiary/aromatic N) is 2. The number of aromatic nitrogens is 2. The van der Waals surface area contributed by atoms with Crippen molar-refractivity contribution in [2.24, 2.45) is 7.05 Å². The number of imidazole rings is 1. The second-order valence-electron chi connectivity index (χ2n) is 4.84. The van der Waals surface area contributed by atoms with Gasteiger partial charge in [-0.3, -0.25) is 4.79 Å². The van der Waals surface area contributed by atoms with E-state index in [1.54, 1.807) is 12.5 Å². The topological polar surface area (TPSA) is 53.4 Å². The molecule has 0 saturated carbocycles. The van der Waals surface area contributed by atoms with Crippen molar-refractivity contribution in [1.82, 2.24) is 9.55 Å². The Balaban J connectivity index is 2.38. The number of aryl methyl sites for hydroxylation is 2. The van der Waals surface area contributed by atoms with Crippen molar-refractivity contribution in [3.8, 4) is 17.4 Å². The predicted molar refractivity (Wildman–Crippen MR) is 75.2 cm³/mol. The van der Waals surface area contributed by atoms with E-state index in [2.05, 4.69) is 4.98 Å². The Bertz CT molecular complexity index is 659. The van der Waals surface area contributed by atoms with Crippen LogP contribution in [0.25, 0.3) is 0 Å². The van der Waals surface area contributed by atoms with Crippen molar-refractivity contribution >= 4 is 5.97 Å². The third kappa shape index (κ3) is 2.82. The number of carbonyl (C=O) groups is 1. The fraction of sp³-hybridized carbons (Fsp3) is 0.333. The van der Waals surface area contributed by atoms with Gasteiger partial charge in [-0.1, -0.05) is 0 Å². The Hall–Kier alpha value is -2.30. The quantitative estimate of drug-likeness (QED) is 0.637. The second kappa shape index (κ2) is 5.36. The van der Waals surface area contributed by atoms with Crippen LogP contribution in [0.4, 0.5) is 0 Å². The van der Waals surface area contributed by atoms with E-state index >= 15 is 0 Å². The molecule has 0 aliphatic heterocycles. The van der Waals surface area contributed by atoms with Crippen molar-refractivity contribution in [2.45, 2.75) is 27.7 Å². The molecule has 0 spiro atoms. The Labute approximate surface area is 118 Å². The molecule has 0 aliphatic carbocycles. The molecule has 5 nitrogen and oxygen atoms in total. The van der Waals surface area contributed by atoms with E-state index in [0.29, 0.717) is 11.6 Å². The molecule has 2 aromatic rings. The van der Waals surface area contributed by atoms with Crippen LogP contribution < -0.4 is 9.47 Å². The first-order valence-electron chi connectivity index (χ1n) is 6.33. The molecule has 0 N–H and O–H groups in total. The second-order valence-corrected chi connectivity index (χ2v) is 4.84. The molecule has 5 heteroatoms. The highest BCUT2D eigenvalue weighted by Gasteiger charge is 2.15. The third-order valence-electron chi connectivity index (χ3n) is 3.12. The summed E-state index contributed by atoms with van der Waals surface area (Å²) in [7, 11) is 1.88. The van der Waals surface area contributed by atoms with Gasteiger partial charge in [0.25, 0.3) is 0 Å². The van der Waals surface area contributed by atoms with Gasteiger partial charge in [0.15, 0.2) is 0 Å². The van der Waals surface area contributed by atoms with Crippen LogP contribution >= 0.6 is 0 Å². The minimum atomic E-state index is -0.325. The molecule has 2 rings (SSSR count). The van der Waals surface area contributed by atoms with Gasteiger partial charge in [-0.25, -0.2) is 4.98 Å².